The van der Waals surface area contributed by atoms with Crippen LogP contribution in [-0.4, -0.2) is 32.8 Å². The summed E-state index contributed by atoms with van der Waals surface area (Å²) in [6.45, 7) is 1.07. The molecule has 16 heavy (non-hydrogen) atoms. The van der Waals surface area contributed by atoms with E-state index in [0.717, 1.165) is 0 Å². The van der Waals surface area contributed by atoms with E-state index < -0.39 is 0 Å². The first-order chi connectivity index (χ1) is 7.79. The lowest BCUT2D eigenvalue weighted by atomic mass is 10.2. The monoisotopic (exact) mass is 223 g/mol. The average Bonchev–Trinajstić information content (AvgIpc) is 2.29. The molecule has 0 saturated heterocycles. The van der Waals surface area contributed by atoms with Crippen LogP contribution in [0.25, 0.3) is 0 Å². The minimum atomic E-state index is -0.151. The molecule has 2 rings (SSSR count). The normalized spacial score (nSPS) is 13.7. The van der Waals surface area contributed by atoms with Crippen LogP contribution in [0, 0.1) is 0 Å². The Morgan fingerprint density at radius 3 is 3.12 bits per heavy atom. The Hall–Kier alpha value is -1.75. The molecule has 5 nitrogen and oxygen atoms in total. The molecule has 0 aromatic heterocycles. The van der Waals surface area contributed by atoms with Gasteiger partial charge in [-0.15, -0.1) is 0 Å². The van der Waals surface area contributed by atoms with Crippen molar-refractivity contribution in [3.8, 4) is 11.5 Å². The topological polar surface area (TPSA) is 56.8 Å². The molecule has 0 fully saturated rings. The zero-order valence-electron chi connectivity index (χ0n) is 8.99. The molecule has 0 atom stereocenters. The van der Waals surface area contributed by atoms with Crippen LogP contribution in [0.2, 0.25) is 0 Å². The number of carbonyl (C=O) groups is 1. The molecule has 1 amide bonds. The molecule has 0 unspecified atom stereocenters. The van der Waals surface area contributed by atoms with Gasteiger partial charge in [-0.1, -0.05) is 0 Å². The first-order valence-electron chi connectivity index (χ1n) is 4.98. The van der Waals surface area contributed by atoms with Crippen LogP contribution in [0.5, 0.6) is 11.5 Å². The van der Waals surface area contributed by atoms with Crippen LogP contribution in [0.3, 0.4) is 0 Å². The molecule has 86 valence electrons. The smallest absolute Gasteiger partial charge is 0.262 e. The van der Waals surface area contributed by atoms with Gasteiger partial charge in [-0.3, -0.25) is 4.79 Å². The summed E-state index contributed by atoms with van der Waals surface area (Å²) in [5.74, 6) is 1.20. The number of nitrogens with one attached hydrogen (secondary N) is 1. The van der Waals surface area contributed by atoms with Crippen molar-refractivity contribution in [1.82, 2.24) is 0 Å². The summed E-state index contributed by atoms with van der Waals surface area (Å²) in [6.07, 6.45) is 0. The molecule has 0 radical (unpaired) electrons. The third-order valence-corrected chi connectivity index (χ3v) is 2.14. The summed E-state index contributed by atoms with van der Waals surface area (Å²) in [5, 5.41) is 2.72. The molecule has 1 heterocycles. The largest absolute Gasteiger partial charge is 0.491 e. The second kappa shape index (κ2) is 4.85. The van der Waals surface area contributed by atoms with Gasteiger partial charge in [0.2, 0.25) is 0 Å². The minimum Gasteiger partial charge on any atom is -0.491 e. The highest BCUT2D eigenvalue weighted by atomic mass is 16.5. The SMILES string of the molecule is COCCOc1ccc2c(c1)NC(=O)CO2. The van der Waals surface area contributed by atoms with E-state index in [1.54, 1.807) is 25.3 Å². The summed E-state index contributed by atoms with van der Waals surface area (Å²) in [5.41, 5.74) is 0.645. The third-order valence-electron chi connectivity index (χ3n) is 2.14. The first-order valence-corrected chi connectivity index (χ1v) is 4.98. The Balaban J connectivity index is 2.06. The van der Waals surface area contributed by atoms with Gasteiger partial charge in [0.25, 0.3) is 5.91 Å². The van der Waals surface area contributed by atoms with Crippen molar-refractivity contribution in [3.63, 3.8) is 0 Å². The standard InChI is InChI=1S/C11H13NO4/c1-14-4-5-15-8-2-3-10-9(6-8)12-11(13)7-16-10/h2-3,6H,4-5,7H2,1H3,(H,12,13). The van der Waals surface area contributed by atoms with Crippen molar-refractivity contribution in [1.29, 1.82) is 0 Å². The van der Waals surface area contributed by atoms with Crippen molar-refractivity contribution >= 4 is 11.6 Å². The van der Waals surface area contributed by atoms with E-state index in [4.69, 9.17) is 14.2 Å². The lowest BCUT2D eigenvalue weighted by Gasteiger charge is -2.18. The number of ether oxygens (including phenoxy) is 3. The van der Waals surface area contributed by atoms with Crippen LogP contribution in [-0.2, 0) is 9.53 Å². The highest BCUT2D eigenvalue weighted by Gasteiger charge is 2.15. The molecule has 1 aromatic rings. The molecule has 0 spiro atoms. The lowest BCUT2D eigenvalue weighted by molar-refractivity contribution is -0.118. The van der Waals surface area contributed by atoms with Crippen molar-refractivity contribution in [3.05, 3.63) is 18.2 Å². The number of benzene rings is 1. The van der Waals surface area contributed by atoms with Crippen molar-refractivity contribution in [2.45, 2.75) is 0 Å². The number of methoxy groups -OCH3 is 1. The Bertz CT molecular complexity index is 392. The molecule has 1 aliphatic rings. The van der Waals surface area contributed by atoms with Gasteiger partial charge >= 0.3 is 0 Å². The fourth-order valence-electron chi connectivity index (χ4n) is 1.39. The predicted molar refractivity (Wildman–Crippen MR) is 57.9 cm³/mol. The molecule has 1 aliphatic heterocycles. The number of anilines is 1. The Labute approximate surface area is 93.3 Å². The molecule has 1 aromatic carbocycles. The summed E-state index contributed by atoms with van der Waals surface area (Å²) < 4.78 is 15.5. The molecular weight excluding hydrogens is 210 g/mol. The van der Waals surface area contributed by atoms with Gasteiger partial charge in [0.15, 0.2) is 6.61 Å². The Morgan fingerprint density at radius 2 is 2.31 bits per heavy atom. The highest BCUT2D eigenvalue weighted by Crippen LogP contribution is 2.31. The maximum atomic E-state index is 11.1. The second-order valence-electron chi connectivity index (χ2n) is 3.34. The summed E-state index contributed by atoms with van der Waals surface area (Å²) >= 11 is 0. The van der Waals surface area contributed by atoms with Gasteiger partial charge in [-0.05, 0) is 12.1 Å². The zero-order valence-corrected chi connectivity index (χ0v) is 8.99. The fraction of sp³-hybridized carbons (Fsp3) is 0.364. The van der Waals surface area contributed by atoms with E-state index in [1.165, 1.54) is 0 Å². The van der Waals surface area contributed by atoms with Gasteiger partial charge < -0.3 is 19.5 Å². The summed E-state index contributed by atoms with van der Waals surface area (Å²) in [6, 6.07) is 5.31. The van der Waals surface area contributed by atoms with Crippen molar-refractivity contribution < 1.29 is 19.0 Å². The molecule has 5 heteroatoms. The van der Waals surface area contributed by atoms with E-state index in [1.807, 2.05) is 0 Å². The Morgan fingerprint density at radius 1 is 1.44 bits per heavy atom. The zero-order chi connectivity index (χ0) is 11.4. The van der Waals surface area contributed by atoms with E-state index in [-0.39, 0.29) is 12.5 Å². The third kappa shape index (κ3) is 2.43. The number of rotatable bonds is 4. The van der Waals surface area contributed by atoms with Crippen LogP contribution < -0.4 is 14.8 Å². The van der Waals surface area contributed by atoms with Gasteiger partial charge in [-0.2, -0.15) is 0 Å². The molecule has 0 bridgehead atoms. The fourth-order valence-corrected chi connectivity index (χ4v) is 1.39. The average molecular weight is 223 g/mol. The van der Waals surface area contributed by atoms with Crippen LogP contribution in [0.1, 0.15) is 0 Å². The van der Waals surface area contributed by atoms with Crippen LogP contribution in [0.15, 0.2) is 18.2 Å². The molecular formula is C11H13NO4. The van der Waals surface area contributed by atoms with Crippen LogP contribution in [0.4, 0.5) is 5.69 Å². The minimum absolute atomic E-state index is 0.0663. The van der Waals surface area contributed by atoms with Gasteiger partial charge in [-0.25, -0.2) is 0 Å². The number of amides is 1. The number of fused-ring (bicyclic) bond motifs is 1. The van der Waals surface area contributed by atoms with Crippen molar-refractivity contribution in [2.75, 3.05) is 32.2 Å². The second-order valence-corrected chi connectivity index (χ2v) is 3.34. The Kier molecular flexibility index (Phi) is 3.26. The number of hydrogen-bond donors (Lipinski definition) is 1. The van der Waals surface area contributed by atoms with Gasteiger partial charge in [0.05, 0.1) is 12.3 Å². The number of hydrogen-bond acceptors (Lipinski definition) is 4. The van der Waals surface area contributed by atoms with E-state index in [2.05, 4.69) is 5.32 Å². The number of carbonyl (C=O) groups excluding carboxylic acids is 1. The van der Waals surface area contributed by atoms with Gasteiger partial charge in [0.1, 0.15) is 18.1 Å². The molecule has 0 aliphatic carbocycles. The van der Waals surface area contributed by atoms with Gasteiger partial charge in [0, 0.05) is 13.2 Å². The molecule has 1 N–H and O–H groups in total. The maximum Gasteiger partial charge on any atom is 0.262 e. The van der Waals surface area contributed by atoms with Crippen molar-refractivity contribution in [2.24, 2.45) is 0 Å². The highest BCUT2D eigenvalue weighted by molar-refractivity contribution is 5.95. The summed E-state index contributed by atoms with van der Waals surface area (Å²) in [4.78, 5) is 11.1. The molecule has 0 saturated carbocycles. The van der Waals surface area contributed by atoms with E-state index in [0.29, 0.717) is 30.4 Å². The predicted octanol–water partition coefficient (Wildman–Crippen LogP) is 1.04. The maximum absolute atomic E-state index is 11.1. The summed E-state index contributed by atoms with van der Waals surface area (Å²) in [7, 11) is 1.62. The van der Waals surface area contributed by atoms with E-state index in [9.17, 15) is 4.79 Å². The van der Waals surface area contributed by atoms with E-state index >= 15 is 0 Å². The quantitative estimate of drug-likeness (QED) is 0.775. The van der Waals surface area contributed by atoms with Crippen LogP contribution >= 0.6 is 0 Å². The first kappa shape index (κ1) is 10.8. The lowest BCUT2D eigenvalue weighted by Crippen LogP contribution is -2.25.